The summed E-state index contributed by atoms with van der Waals surface area (Å²) in [6, 6.07) is 16.7. The molecule has 1 amide bonds. The van der Waals surface area contributed by atoms with Crippen molar-refractivity contribution in [1.82, 2.24) is 10.2 Å². The Morgan fingerprint density at radius 2 is 2.00 bits per heavy atom. The molecule has 0 unspecified atom stereocenters. The molecule has 2 aromatic carbocycles. The average molecular weight is 344 g/mol. The van der Waals surface area contributed by atoms with Crippen LogP contribution in [0.1, 0.15) is 10.5 Å². The number of benzene rings is 2. The lowest BCUT2D eigenvalue weighted by molar-refractivity contribution is 0.102. The molecule has 0 bridgehead atoms. The number of H-pyrrole nitrogens is 1. The molecule has 3 aromatic rings. The molecule has 0 fully saturated rings. The Kier molecular flexibility index (Phi) is 4.69. The molecule has 0 atom stereocenters. The van der Waals surface area contributed by atoms with Gasteiger partial charge in [-0.05, 0) is 36.6 Å². The summed E-state index contributed by atoms with van der Waals surface area (Å²) in [7, 11) is 0. The van der Waals surface area contributed by atoms with Crippen molar-refractivity contribution in [3.05, 3.63) is 65.3 Å². The maximum Gasteiger partial charge on any atom is 0.273 e. The van der Waals surface area contributed by atoms with E-state index in [-0.39, 0.29) is 5.91 Å². The number of carbonyl (C=O) groups is 1. The fraction of sp³-hybridized carbons (Fsp3) is 0.0588. The van der Waals surface area contributed by atoms with Crippen LogP contribution in [0.4, 0.5) is 5.69 Å². The standard InChI is InChI=1S/C17H14ClN3OS/c1-23-12-6-4-5-11(9-12)19-17(22)16-10-15(20-21-16)13-7-2-3-8-14(13)18/h2-10H,1H3,(H,19,22)(H,20,21). The second kappa shape index (κ2) is 6.89. The number of hydrogen-bond donors (Lipinski definition) is 2. The highest BCUT2D eigenvalue weighted by atomic mass is 35.5. The highest BCUT2D eigenvalue weighted by Crippen LogP contribution is 2.26. The minimum Gasteiger partial charge on any atom is -0.321 e. The number of carbonyl (C=O) groups excluding carboxylic acids is 1. The van der Waals surface area contributed by atoms with E-state index < -0.39 is 0 Å². The largest absolute Gasteiger partial charge is 0.321 e. The quantitative estimate of drug-likeness (QED) is 0.675. The number of halogens is 1. The Balaban J connectivity index is 1.80. The molecule has 0 saturated carbocycles. The van der Waals surface area contributed by atoms with Crippen molar-refractivity contribution in [3.8, 4) is 11.3 Å². The topological polar surface area (TPSA) is 57.8 Å². The number of rotatable bonds is 4. The first kappa shape index (κ1) is 15.6. The molecule has 6 heteroatoms. The van der Waals surface area contributed by atoms with Crippen LogP contribution in [0.3, 0.4) is 0 Å². The smallest absolute Gasteiger partial charge is 0.273 e. The Labute approximate surface area is 143 Å². The second-order valence-corrected chi connectivity index (χ2v) is 6.12. The molecule has 1 aromatic heterocycles. The second-order valence-electron chi connectivity index (χ2n) is 4.83. The van der Waals surface area contributed by atoms with Gasteiger partial charge in [-0.2, -0.15) is 5.10 Å². The maximum atomic E-state index is 12.3. The van der Waals surface area contributed by atoms with E-state index in [2.05, 4.69) is 15.5 Å². The van der Waals surface area contributed by atoms with Crippen LogP contribution < -0.4 is 5.32 Å². The highest BCUT2D eigenvalue weighted by molar-refractivity contribution is 7.98. The summed E-state index contributed by atoms with van der Waals surface area (Å²) in [6.07, 6.45) is 1.99. The Hall–Kier alpha value is -2.24. The minimum absolute atomic E-state index is 0.242. The van der Waals surface area contributed by atoms with Crippen LogP contribution in [0, 0.1) is 0 Å². The highest BCUT2D eigenvalue weighted by Gasteiger charge is 2.13. The zero-order valence-electron chi connectivity index (χ0n) is 12.3. The van der Waals surface area contributed by atoms with Crippen LogP contribution in [0.2, 0.25) is 5.02 Å². The normalized spacial score (nSPS) is 10.5. The lowest BCUT2D eigenvalue weighted by Crippen LogP contribution is -2.12. The molecule has 0 aliphatic rings. The van der Waals surface area contributed by atoms with Crippen LogP contribution in [-0.2, 0) is 0 Å². The van der Waals surface area contributed by atoms with Gasteiger partial charge in [-0.25, -0.2) is 0 Å². The summed E-state index contributed by atoms with van der Waals surface area (Å²) < 4.78 is 0. The van der Waals surface area contributed by atoms with Crippen molar-refractivity contribution in [1.29, 1.82) is 0 Å². The molecule has 2 N–H and O–H groups in total. The summed E-state index contributed by atoms with van der Waals surface area (Å²) in [5.74, 6) is -0.242. The van der Waals surface area contributed by atoms with E-state index in [1.807, 2.05) is 48.7 Å². The van der Waals surface area contributed by atoms with E-state index in [9.17, 15) is 4.79 Å². The Morgan fingerprint density at radius 1 is 1.17 bits per heavy atom. The molecule has 0 saturated heterocycles. The third-order valence-corrected chi connectivity index (χ3v) is 4.35. The van der Waals surface area contributed by atoms with E-state index in [0.29, 0.717) is 16.4 Å². The lowest BCUT2D eigenvalue weighted by atomic mass is 10.1. The van der Waals surface area contributed by atoms with Crippen molar-refractivity contribution in [2.75, 3.05) is 11.6 Å². The van der Waals surface area contributed by atoms with Gasteiger partial charge in [0.25, 0.3) is 5.91 Å². The van der Waals surface area contributed by atoms with Gasteiger partial charge in [-0.15, -0.1) is 11.8 Å². The predicted molar refractivity (Wildman–Crippen MR) is 95.2 cm³/mol. The zero-order valence-corrected chi connectivity index (χ0v) is 13.9. The maximum absolute atomic E-state index is 12.3. The number of aromatic amines is 1. The molecule has 116 valence electrons. The molecule has 0 radical (unpaired) electrons. The molecule has 4 nitrogen and oxygen atoms in total. The number of hydrogen-bond acceptors (Lipinski definition) is 3. The van der Waals surface area contributed by atoms with E-state index in [1.54, 1.807) is 23.9 Å². The summed E-state index contributed by atoms with van der Waals surface area (Å²) in [5.41, 5.74) is 2.55. The molecular weight excluding hydrogens is 330 g/mol. The molecule has 0 aliphatic carbocycles. The van der Waals surface area contributed by atoms with Crippen molar-refractivity contribution in [3.63, 3.8) is 0 Å². The number of aromatic nitrogens is 2. The fourth-order valence-corrected chi connectivity index (χ4v) is 2.84. The number of nitrogens with zero attached hydrogens (tertiary/aromatic N) is 1. The van der Waals surface area contributed by atoms with E-state index in [0.717, 1.165) is 16.1 Å². The first-order valence-electron chi connectivity index (χ1n) is 6.93. The van der Waals surface area contributed by atoms with Gasteiger partial charge in [0.05, 0.1) is 10.7 Å². The van der Waals surface area contributed by atoms with Crippen LogP contribution in [0.15, 0.2) is 59.5 Å². The summed E-state index contributed by atoms with van der Waals surface area (Å²) in [5, 5.41) is 10.4. The van der Waals surface area contributed by atoms with E-state index in [4.69, 9.17) is 11.6 Å². The zero-order chi connectivity index (χ0) is 16.2. The van der Waals surface area contributed by atoms with Gasteiger partial charge in [-0.1, -0.05) is 35.9 Å². The molecule has 1 heterocycles. The minimum atomic E-state index is -0.242. The summed E-state index contributed by atoms with van der Waals surface area (Å²) >= 11 is 7.78. The van der Waals surface area contributed by atoms with Crippen LogP contribution in [-0.4, -0.2) is 22.4 Å². The van der Waals surface area contributed by atoms with Gasteiger partial charge >= 0.3 is 0 Å². The third kappa shape index (κ3) is 3.57. The Morgan fingerprint density at radius 3 is 2.78 bits per heavy atom. The number of nitrogens with one attached hydrogen (secondary N) is 2. The van der Waals surface area contributed by atoms with Crippen molar-refractivity contribution < 1.29 is 4.79 Å². The van der Waals surface area contributed by atoms with Crippen molar-refractivity contribution in [2.24, 2.45) is 0 Å². The average Bonchev–Trinajstić information content (AvgIpc) is 3.05. The number of thioether (sulfide) groups is 1. The molecule has 0 spiro atoms. The van der Waals surface area contributed by atoms with Crippen molar-refractivity contribution >= 4 is 35.0 Å². The van der Waals surface area contributed by atoms with E-state index in [1.165, 1.54) is 0 Å². The molecular formula is C17H14ClN3OS. The lowest BCUT2D eigenvalue weighted by Gasteiger charge is -2.04. The van der Waals surface area contributed by atoms with E-state index >= 15 is 0 Å². The molecule has 23 heavy (non-hydrogen) atoms. The molecule has 3 rings (SSSR count). The van der Waals surface area contributed by atoms with Gasteiger partial charge in [-0.3, -0.25) is 9.89 Å². The monoisotopic (exact) mass is 343 g/mol. The van der Waals surface area contributed by atoms with Gasteiger partial charge < -0.3 is 5.32 Å². The SMILES string of the molecule is CSc1cccc(NC(=O)c2cc(-c3ccccc3Cl)n[nH]2)c1. The Bertz CT molecular complexity index is 847. The van der Waals surface area contributed by atoms with Gasteiger partial charge in [0, 0.05) is 16.1 Å². The fourth-order valence-electron chi connectivity index (χ4n) is 2.14. The first-order valence-corrected chi connectivity index (χ1v) is 8.53. The summed E-state index contributed by atoms with van der Waals surface area (Å²) in [4.78, 5) is 13.4. The van der Waals surface area contributed by atoms with Crippen LogP contribution in [0.5, 0.6) is 0 Å². The first-order chi connectivity index (χ1) is 11.2. The van der Waals surface area contributed by atoms with Crippen molar-refractivity contribution in [2.45, 2.75) is 4.90 Å². The van der Waals surface area contributed by atoms with Gasteiger partial charge in [0.1, 0.15) is 5.69 Å². The number of amides is 1. The van der Waals surface area contributed by atoms with Crippen LogP contribution >= 0.6 is 23.4 Å². The van der Waals surface area contributed by atoms with Gasteiger partial charge in [0.2, 0.25) is 0 Å². The van der Waals surface area contributed by atoms with Crippen LogP contribution in [0.25, 0.3) is 11.3 Å². The van der Waals surface area contributed by atoms with Gasteiger partial charge in [0.15, 0.2) is 0 Å². The number of anilines is 1. The predicted octanol–water partition coefficient (Wildman–Crippen LogP) is 4.70. The molecule has 0 aliphatic heterocycles. The third-order valence-electron chi connectivity index (χ3n) is 3.30. The summed E-state index contributed by atoms with van der Waals surface area (Å²) in [6.45, 7) is 0.